The first kappa shape index (κ1) is 14.7. The summed E-state index contributed by atoms with van der Waals surface area (Å²) in [6.45, 7) is 4.84. The summed E-state index contributed by atoms with van der Waals surface area (Å²) in [5.41, 5.74) is 0.658. The van der Waals surface area contributed by atoms with Crippen LogP contribution in [0.2, 0.25) is 0 Å². The van der Waals surface area contributed by atoms with E-state index in [1.165, 1.54) is 54.0 Å². The maximum absolute atomic E-state index is 11.9. The summed E-state index contributed by atoms with van der Waals surface area (Å²) in [5, 5.41) is 8.96. The quantitative estimate of drug-likeness (QED) is 0.943. The van der Waals surface area contributed by atoms with Crippen LogP contribution in [0, 0.1) is 12.8 Å². The van der Waals surface area contributed by atoms with E-state index in [4.69, 9.17) is 0 Å². The van der Waals surface area contributed by atoms with Crippen molar-refractivity contribution in [1.29, 1.82) is 0 Å². The molecule has 2 heterocycles. The molecule has 1 aliphatic carbocycles. The van der Waals surface area contributed by atoms with E-state index >= 15 is 0 Å². The van der Waals surface area contributed by atoms with Gasteiger partial charge in [-0.1, -0.05) is 37.5 Å². The van der Waals surface area contributed by atoms with Crippen molar-refractivity contribution in [2.24, 2.45) is 5.92 Å². The predicted molar refractivity (Wildman–Crippen MR) is 84.7 cm³/mol. The third-order valence-electron chi connectivity index (χ3n) is 4.36. The van der Waals surface area contributed by atoms with Crippen LogP contribution in [0.15, 0.2) is 10.9 Å². The molecule has 0 aliphatic heterocycles. The molecule has 5 nitrogen and oxygen atoms in total. The Balaban J connectivity index is 1.73. The molecule has 1 saturated carbocycles. The van der Waals surface area contributed by atoms with Gasteiger partial charge in [-0.25, -0.2) is 4.98 Å². The van der Waals surface area contributed by atoms with E-state index < -0.39 is 0 Å². The van der Waals surface area contributed by atoms with Gasteiger partial charge in [-0.2, -0.15) is 9.61 Å². The summed E-state index contributed by atoms with van der Waals surface area (Å²) in [6, 6.07) is 2.11. The predicted octanol–water partition coefficient (Wildman–Crippen LogP) is 2.52. The van der Waals surface area contributed by atoms with Gasteiger partial charge in [0.1, 0.15) is 5.01 Å². The Morgan fingerprint density at radius 3 is 3.05 bits per heavy atom. The van der Waals surface area contributed by atoms with Crippen LogP contribution in [0.3, 0.4) is 0 Å². The first-order chi connectivity index (χ1) is 10.2. The second-order valence-electron chi connectivity index (χ2n) is 5.87. The Labute approximate surface area is 128 Å². The molecular formula is C15H22N4OS. The van der Waals surface area contributed by atoms with Crippen molar-refractivity contribution in [1.82, 2.24) is 19.9 Å². The van der Waals surface area contributed by atoms with Gasteiger partial charge in [0.05, 0.1) is 0 Å². The Bertz CT molecular complexity index is 678. The first-order valence-electron chi connectivity index (χ1n) is 7.77. The van der Waals surface area contributed by atoms with Crippen LogP contribution in [0.25, 0.3) is 4.96 Å². The van der Waals surface area contributed by atoms with Crippen molar-refractivity contribution in [3.8, 4) is 0 Å². The van der Waals surface area contributed by atoms with Gasteiger partial charge in [-0.05, 0) is 25.7 Å². The van der Waals surface area contributed by atoms with Crippen LogP contribution < -0.4 is 10.9 Å². The second kappa shape index (κ2) is 6.23. The minimum atomic E-state index is -0.0934. The number of aryl methyl sites for hydroxylation is 1. The van der Waals surface area contributed by atoms with Crippen molar-refractivity contribution >= 4 is 16.3 Å². The molecule has 114 valence electrons. The fourth-order valence-corrected chi connectivity index (χ4v) is 4.11. The Morgan fingerprint density at radius 2 is 2.24 bits per heavy atom. The van der Waals surface area contributed by atoms with E-state index in [1.807, 2.05) is 6.92 Å². The summed E-state index contributed by atoms with van der Waals surface area (Å²) in [6.07, 6.45) is 6.48. The highest BCUT2D eigenvalue weighted by Crippen LogP contribution is 2.27. The fourth-order valence-electron chi connectivity index (χ4n) is 3.21. The molecule has 0 bridgehead atoms. The fraction of sp³-hybridized carbons (Fsp3) is 0.667. The lowest BCUT2D eigenvalue weighted by molar-refractivity contribution is 0.254. The van der Waals surface area contributed by atoms with Gasteiger partial charge < -0.3 is 5.32 Å². The van der Waals surface area contributed by atoms with Crippen molar-refractivity contribution in [3.05, 3.63) is 27.1 Å². The van der Waals surface area contributed by atoms with E-state index in [9.17, 15) is 4.79 Å². The number of aromatic nitrogens is 3. The number of fused-ring (bicyclic) bond motifs is 1. The Kier molecular flexibility index (Phi) is 4.35. The zero-order valence-electron chi connectivity index (χ0n) is 12.6. The Hall–Kier alpha value is -1.27. The summed E-state index contributed by atoms with van der Waals surface area (Å²) in [4.78, 5) is 16.9. The van der Waals surface area contributed by atoms with Gasteiger partial charge in [-0.15, -0.1) is 0 Å². The second-order valence-corrected chi connectivity index (χ2v) is 6.91. The number of rotatable bonds is 4. The van der Waals surface area contributed by atoms with Crippen LogP contribution in [-0.2, 0) is 6.54 Å². The molecule has 1 N–H and O–H groups in total. The molecule has 0 spiro atoms. The molecule has 1 fully saturated rings. The largest absolute Gasteiger partial charge is 0.307 e. The van der Waals surface area contributed by atoms with Gasteiger partial charge >= 0.3 is 0 Å². The molecule has 6 heteroatoms. The highest BCUT2D eigenvalue weighted by atomic mass is 32.1. The van der Waals surface area contributed by atoms with E-state index in [-0.39, 0.29) is 5.56 Å². The lowest BCUT2D eigenvalue weighted by atomic mass is 9.83. The summed E-state index contributed by atoms with van der Waals surface area (Å²) >= 11 is 1.50. The maximum atomic E-state index is 11.9. The minimum Gasteiger partial charge on any atom is -0.307 e. The van der Waals surface area contributed by atoms with Crippen molar-refractivity contribution in [2.45, 2.75) is 58.5 Å². The van der Waals surface area contributed by atoms with Crippen LogP contribution in [-0.4, -0.2) is 20.6 Å². The molecule has 0 radical (unpaired) electrons. The van der Waals surface area contributed by atoms with Gasteiger partial charge in [0.2, 0.25) is 4.96 Å². The monoisotopic (exact) mass is 306 g/mol. The van der Waals surface area contributed by atoms with Crippen LogP contribution in [0.4, 0.5) is 0 Å². The number of nitrogens with zero attached hydrogens (tertiary/aromatic N) is 3. The van der Waals surface area contributed by atoms with E-state index in [0.717, 1.165) is 23.2 Å². The van der Waals surface area contributed by atoms with Gasteiger partial charge in [-0.3, -0.25) is 4.79 Å². The molecule has 2 aromatic heterocycles. The van der Waals surface area contributed by atoms with Crippen molar-refractivity contribution in [2.75, 3.05) is 0 Å². The molecule has 0 amide bonds. The smallest absolute Gasteiger partial charge is 0.275 e. The topological polar surface area (TPSA) is 59.3 Å². The average molecular weight is 306 g/mol. The third kappa shape index (κ3) is 3.16. The SMILES string of the molecule is CC[C@@H]1CCCC[C@H]1NCc1nn2c(=O)cc(C)nc2s1. The minimum absolute atomic E-state index is 0.0934. The number of hydrogen-bond donors (Lipinski definition) is 1. The molecular weight excluding hydrogens is 284 g/mol. The average Bonchev–Trinajstić information content (AvgIpc) is 2.88. The highest BCUT2D eigenvalue weighted by molar-refractivity contribution is 7.16. The normalized spacial score (nSPS) is 22.8. The van der Waals surface area contributed by atoms with Crippen LogP contribution in [0.5, 0.6) is 0 Å². The molecule has 2 atom stereocenters. The summed E-state index contributed by atoms with van der Waals surface area (Å²) < 4.78 is 1.41. The zero-order chi connectivity index (χ0) is 14.8. The van der Waals surface area contributed by atoms with Crippen molar-refractivity contribution < 1.29 is 0 Å². The number of nitrogens with one attached hydrogen (secondary N) is 1. The third-order valence-corrected chi connectivity index (χ3v) is 5.27. The highest BCUT2D eigenvalue weighted by Gasteiger charge is 2.23. The Morgan fingerprint density at radius 1 is 1.43 bits per heavy atom. The van der Waals surface area contributed by atoms with Crippen LogP contribution in [0.1, 0.15) is 49.7 Å². The van der Waals surface area contributed by atoms with E-state index in [0.29, 0.717) is 11.0 Å². The molecule has 0 saturated heterocycles. The van der Waals surface area contributed by atoms with Gasteiger partial charge in [0, 0.05) is 24.3 Å². The molecule has 21 heavy (non-hydrogen) atoms. The molecule has 3 rings (SSSR count). The zero-order valence-corrected chi connectivity index (χ0v) is 13.4. The molecule has 0 aromatic carbocycles. The number of hydrogen-bond acceptors (Lipinski definition) is 5. The van der Waals surface area contributed by atoms with E-state index in [1.54, 1.807) is 0 Å². The maximum Gasteiger partial charge on any atom is 0.275 e. The van der Waals surface area contributed by atoms with Gasteiger partial charge in [0.15, 0.2) is 0 Å². The molecule has 0 unspecified atom stereocenters. The molecule has 1 aliphatic rings. The molecule has 2 aromatic rings. The lowest BCUT2D eigenvalue weighted by Crippen LogP contribution is -2.37. The summed E-state index contributed by atoms with van der Waals surface area (Å²) in [7, 11) is 0. The van der Waals surface area contributed by atoms with E-state index in [2.05, 4.69) is 22.3 Å². The van der Waals surface area contributed by atoms with Crippen molar-refractivity contribution in [3.63, 3.8) is 0 Å². The van der Waals surface area contributed by atoms with Gasteiger partial charge in [0.25, 0.3) is 5.56 Å². The van der Waals surface area contributed by atoms with Crippen LogP contribution >= 0.6 is 11.3 Å². The first-order valence-corrected chi connectivity index (χ1v) is 8.59. The summed E-state index contributed by atoms with van der Waals surface area (Å²) in [5.74, 6) is 0.774. The lowest BCUT2D eigenvalue weighted by Gasteiger charge is -2.31. The standard InChI is InChI=1S/C15H22N4OS/c1-3-11-6-4-5-7-12(11)16-9-13-18-19-14(20)8-10(2)17-15(19)21-13/h8,11-12,16H,3-7,9H2,1-2H3/t11-,12-/m1/s1.